The Kier molecular flexibility index (Phi) is 55.0. The number of rotatable bonds is 63. The summed E-state index contributed by atoms with van der Waals surface area (Å²) in [5.41, 5.74) is 0. The number of hydrogen-bond donors (Lipinski definition) is 3. The number of hydrogen-bond acceptors (Lipinski definition) is 15. The van der Waals surface area contributed by atoms with E-state index >= 15 is 0 Å². The summed E-state index contributed by atoms with van der Waals surface area (Å²) in [7, 11) is -9.89. The number of esters is 4. The fourth-order valence-corrected chi connectivity index (χ4v) is 11.2. The van der Waals surface area contributed by atoms with Crippen LogP contribution in [0.5, 0.6) is 0 Å². The monoisotopic (exact) mass is 1240 g/mol. The Hall–Kier alpha value is -1.94. The van der Waals surface area contributed by atoms with Crippen molar-refractivity contribution in [1.29, 1.82) is 0 Å². The Bertz CT molecular complexity index is 1660. The zero-order valence-corrected chi connectivity index (χ0v) is 56.1. The van der Waals surface area contributed by atoms with Crippen LogP contribution in [0.25, 0.3) is 0 Å². The Labute approximate surface area is 511 Å². The molecule has 0 amide bonds. The van der Waals surface area contributed by atoms with Gasteiger partial charge in [0.05, 0.1) is 26.4 Å². The Morgan fingerprint density at radius 2 is 0.548 bits per heavy atom. The Morgan fingerprint density at radius 1 is 0.321 bits per heavy atom. The smallest absolute Gasteiger partial charge is 0.462 e. The lowest BCUT2D eigenvalue weighted by Crippen LogP contribution is -2.30. The first-order chi connectivity index (χ1) is 40.2. The highest BCUT2D eigenvalue weighted by Crippen LogP contribution is 2.45. The molecule has 0 aromatic carbocycles. The molecule has 2 unspecified atom stereocenters. The number of aliphatic hydroxyl groups is 1. The van der Waals surface area contributed by atoms with Gasteiger partial charge in [0.2, 0.25) is 0 Å². The maximum absolute atomic E-state index is 13.0. The molecule has 0 saturated carbocycles. The van der Waals surface area contributed by atoms with Gasteiger partial charge in [-0.05, 0) is 43.4 Å². The molecule has 0 radical (unpaired) electrons. The van der Waals surface area contributed by atoms with Gasteiger partial charge in [-0.2, -0.15) is 0 Å². The van der Waals surface area contributed by atoms with E-state index in [-0.39, 0.29) is 25.7 Å². The molecule has 0 fully saturated rings. The molecule has 0 spiro atoms. The van der Waals surface area contributed by atoms with E-state index in [0.29, 0.717) is 43.4 Å². The number of phosphoric acid groups is 2. The van der Waals surface area contributed by atoms with Gasteiger partial charge >= 0.3 is 39.5 Å². The van der Waals surface area contributed by atoms with Gasteiger partial charge in [0.1, 0.15) is 19.3 Å². The second-order valence-corrected chi connectivity index (χ2v) is 27.8. The first-order valence-corrected chi connectivity index (χ1v) is 36.8. The summed E-state index contributed by atoms with van der Waals surface area (Å²) >= 11 is 0. The van der Waals surface area contributed by atoms with Crippen LogP contribution in [0.4, 0.5) is 0 Å². The third kappa shape index (κ3) is 59.0. The van der Waals surface area contributed by atoms with Crippen molar-refractivity contribution in [2.75, 3.05) is 39.6 Å². The minimum absolute atomic E-state index is 0.101. The van der Waals surface area contributed by atoms with Crippen molar-refractivity contribution in [2.45, 2.75) is 336 Å². The highest BCUT2D eigenvalue weighted by molar-refractivity contribution is 7.47. The summed E-state index contributed by atoms with van der Waals surface area (Å²) in [6.07, 6.45) is 38.0. The lowest BCUT2D eigenvalue weighted by molar-refractivity contribution is -0.161. The molecule has 0 aliphatic carbocycles. The van der Waals surface area contributed by atoms with Gasteiger partial charge in [-0.15, -0.1) is 0 Å². The lowest BCUT2D eigenvalue weighted by Gasteiger charge is -2.21. The van der Waals surface area contributed by atoms with Gasteiger partial charge in [0.15, 0.2) is 12.2 Å². The Balaban J connectivity index is 5.21. The molecular formula is C65H126O17P2. The van der Waals surface area contributed by atoms with Crippen molar-refractivity contribution in [3.8, 4) is 0 Å². The van der Waals surface area contributed by atoms with Gasteiger partial charge in [0.25, 0.3) is 0 Å². The van der Waals surface area contributed by atoms with E-state index in [9.17, 15) is 43.2 Å². The van der Waals surface area contributed by atoms with Crippen LogP contribution in [0.2, 0.25) is 0 Å². The second kappa shape index (κ2) is 56.3. The third-order valence-corrected chi connectivity index (χ3v) is 16.8. The number of ether oxygens (including phenoxy) is 4. The second-order valence-electron chi connectivity index (χ2n) is 24.9. The fraction of sp³-hybridized carbons (Fsp3) is 0.938. The van der Waals surface area contributed by atoms with Gasteiger partial charge < -0.3 is 33.8 Å². The average molecular weight is 1240 g/mol. The number of aliphatic hydroxyl groups excluding tert-OH is 1. The quantitative estimate of drug-likeness (QED) is 0.0222. The molecule has 84 heavy (non-hydrogen) atoms. The summed E-state index contributed by atoms with van der Waals surface area (Å²) in [6.45, 7) is 11.6. The Morgan fingerprint density at radius 3 is 0.810 bits per heavy atom. The topological polar surface area (TPSA) is 237 Å². The third-order valence-electron chi connectivity index (χ3n) is 14.9. The highest BCUT2D eigenvalue weighted by atomic mass is 31.2. The molecule has 0 aromatic rings. The molecule has 0 rings (SSSR count). The lowest BCUT2D eigenvalue weighted by atomic mass is 10.0. The SMILES string of the molecule is CCCCCCCCCCCCCCCCCCC(=O)O[C@H](COC(=O)CCCCCCCCCC(C)C)COP(=O)(O)OC[C@@H](O)COP(=O)(O)OC[C@@H](COC(=O)CCCCCCCCC(C)C)OC(=O)CCCCCCCCC(C)C. The van der Waals surface area contributed by atoms with Crippen molar-refractivity contribution in [2.24, 2.45) is 17.8 Å². The van der Waals surface area contributed by atoms with E-state index in [1.165, 1.54) is 116 Å². The van der Waals surface area contributed by atoms with Crippen molar-refractivity contribution in [3.05, 3.63) is 0 Å². The van der Waals surface area contributed by atoms with E-state index in [2.05, 4.69) is 48.5 Å². The summed E-state index contributed by atoms with van der Waals surface area (Å²) in [6, 6.07) is 0. The average Bonchev–Trinajstić information content (AvgIpc) is 3.44. The number of carbonyl (C=O) groups is 4. The fourth-order valence-electron chi connectivity index (χ4n) is 9.66. The normalized spacial score (nSPS) is 14.3. The number of phosphoric ester groups is 2. The van der Waals surface area contributed by atoms with E-state index in [1.807, 2.05) is 0 Å². The predicted octanol–water partition coefficient (Wildman–Crippen LogP) is 17.9. The first kappa shape index (κ1) is 82.1. The number of unbranched alkanes of at least 4 members (excludes halogenated alkanes) is 31. The molecule has 17 nitrogen and oxygen atoms in total. The molecule has 0 aliphatic rings. The standard InChI is InChI=1S/C65H126O17P2/c1-8-9-10-11-12-13-14-15-16-17-18-19-20-23-34-41-48-64(69)81-60(52-75-62(67)46-39-32-24-21-22-29-36-43-56(2)3)54-79-83(71,72)77-50-59(66)51-78-84(73,74)80-55-61(82-65(70)49-42-35-28-26-31-38-45-58(6)7)53-76-63(68)47-40-33-27-25-30-37-44-57(4)5/h56-61,66H,8-55H2,1-7H3,(H,71,72)(H,73,74)/t59-,60-,61-/m1/s1. The van der Waals surface area contributed by atoms with E-state index in [1.54, 1.807) is 0 Å². The first-order valence-electron chi connectivity index (χ1n) is 33.8. The van der Waals surface area contributed by atoms with Gasteiger partial charge in [-0.1, -0.05) is 267 Å². The maximum Gasteiger partial charge on any atom is 0.472 e. The largest absolute Gasteiger partial charge is 0.472 e. The summed E-state index contributed by atoms with van der Waals surface area (Å²) < 4.78 is 68.0. The molecule has 498 valence electrons. The zero-order chi connectivity index (χ0) is 62.4. The van der Waals surface area contributed by atoms with Crippen LogP contribution in [0.3, 0.4) is 0 Å². The van der Waals surface area contributed by atoms with Crippen LogP contribution in [0.1, 0.15) is 318 Å². The van der Waals surface area contributed by atoms with Gasteiger partial charge in [0, 0.05) is 25.7 Å². The van der Waals surface area contributed by atoms with Crippen molar-refractivity contribution < 1.29 is 80.2 Å². The molecule has 0 aromatic heterocycles. The van der Waals surface area contributed by atoms with Gasteiger partial charge in [-0.3, -0.25) is 37.3 Å². The van der Waals surface area contributed by atoms with Crippen molar-refractivity contribution >= 4 is 39.5 Å². The van der Waals surface area contributed by atoms with Gasteiger partial charge in [-0.25, -0.2) is 9.13 Å². The van der Waals surface area contributed by atoms with Crippen LogP contribution in [-0.4, -0.2) is 96.7 Å². The zero-order valence-electron chi connectivity index (χ0n) is 54.4. The molecule has 0 saturated heterocycles. The van der Waals surface area contributed by atoms with E-state index in [0.717, 1.165) is 103 Å². The van der Waals surface area contributed by atoms with E-state index < -0.39 is 97.5 Å². The van der Waals surface area contributed by atoms with Crippen LogP contribution in [-0.2, 0) is 65.4 Å². The van der Waals surface area contributed by atoms with E-state index in [4.69, 9.17) is 37.0 Å². The van der Waals surface area contributed by atoms with Crippen LogP contribution < -0.4 is 0 Å². The predicted molar refractivity (Wildman–Crippen MR) is 335 cm³/mol. The molecule has 0 bridgehead atoms. The molecule has 3 N–H and O–H groups in total. The maximum atomic E-state index is 13.0. The van der Waals surface area contributed by atoms with Crippen molar-refractivity contribution in [3.63, 3.8) is 0 Å². The number of carbonyl (C=O) groups excluding carboxylic acids is 4. The highest BCUT2D eigenvalue weighted by Gasteiger charge is 2.30. The molecule has 19 heteroatoms. The summed E-state index contributed by atoms with van der Waals surface area (Å²) in [5, 5.41) is 10.5. The minimum Gasteiger partial charge on any atom is -0.462 e. The summed E-state index contributed by atoms with van der Waals surface area (Å²) in [5.74, 6) is -0.0867. The van der Waals surface area contributed by atoms with Crippen LogP contribution in [0, 0.1) is 17.8 Å². The summed E-state index contributed by atoms with van der Waals surface area (Å²) in [4.78, 5) is 72.2. The molecular weight excluding hydrogens is 1110 g/mol. The molecule has 0 aliphatic heterocycles. The molecule has 0 heterocycles. The van der Waals surface area contributed by atoms with Crippen molar-refractivity contribution in [1.82, 2.24) is 0 Å². The molecule has 5 atom stereocenters. The van der Waals surface area contributed by atoms with Crippen LogP contribution in [0.15, 0.2) is 0 Å². The van der Waals surface area contributed by atoms with Crippen LogP contribution >= 0.6 is 15.6 Å². The minimum atomic E-state index is -4.95.